The first kappa shape index (κ1) is 14.8. The molecule has 0 aliphatic rings. The van der Waals surface area contributed by atoms with Gasteiger partial charge in [-0.3, -0.25) is 0 Å². The fraction of sp³-hybridized carbons (Fsp3) is 0.571. The minimum absolute atomic E-state index is 0.0546. The van der Waals surface area contributed by atoms with Crippen LogP contribution >= 0.6 is 0 Å². The zero-order valence-electron chi connectivity index (χ0n) is 11.8. The van der Waals surface area contributed by atoms with E-state index in [1.54, 1.807) is 14.2 Å². The molecule has 18 heavy (non-hydrogen) atoms. The molecule has 1 aromatic rings. The summed E-state index contributed by atoms with van der Waals surface area (Å²) in [7, 11) is 5.46. The van der Waals surface area contributed by atoms with Crippen LogP contribution < -0.4 is 15.4 Å². The maximum absolute atomic E-state index is 6.05. The summed E-state index contributed by atoms with van der Waals surface area (Å²) in [4.78, 5) is 2.19. The van der Waals surface area contributed by atoms with E-state index in [0.29, 0.717) is 0 Å². The highest BCUT2D eigenvalue weighted by Gasteiger charge is 2.15. The quantitative estimate of drug-likeness (QED) is 0.756. The summed E-state index contributed by atoms with van der Waals surface area (Å²) in [5.41, 5.74) is 8.23. The molecule has 0 unspecified atom stereocenters. The van der Waals surface area contributed by atoms with Gasteiger partial charge in [0.15, 0.2) is 0 Å². The Bertz CT molecular complexity index is 367. The van der Waals surface area contributed by atoms with Crippen LogP contribution in [0.2, 0.25) is 0 Å². The first-order valence-electron chi connectivity index (χ1n) is 6.24. The first-order chi connectivity index (χ1) is 8.61. The van der Waals surface area contributed by atoms with Crippen molar-refractivity contribution < 1.29 is 9.47 Å². The van der Waals surface area contributed by atoms with Gasteiger partial charge in [-0.15, -0.1) is 0 Å². The number of nitrogens with zero attached hydrogens (tertiary/aromatic N) is 1. The third-order valence-corrected chi connectivity index (χ3v) is 2.97. The first-order valence-corrected chi connectivity index (χ1v) is 6.24. The molecule has 0 aromatic heterocycles. The fourth-order valence-corrected chi connectivity index (χ4v) is 2.07. The molecule has 2 N–H and O–H groups in total. The van der Waals surface area contributed by atoms with E-state index in [2.05, 4.69) is 18.0 Å². The molecule has 0 fully saturated rings. The van der Waals surface area contributed by atoms with Gasteiger partial charge in [-0.05, 0) is 25.5 Å². The van der Waals surface area contributed by atoms with Gasteiger partial charge in [-0.25, -0.2) is 0 Å². The Morgan fingerprint density at radius 1 is 1.33 bits per heavy atom. The van der Waals surface area contributed by atoms with Crippen molar-refractivity contribution in [3.63, 3.8) is 0 Å². The number of nitrogens with two attached hydrogens (primary N) is 1. The molecule has 0 aliphatic carbocycles. The van der Waals surface area contributed by atoms with Crippen molar-refractivity contribution in [2.45, 2.75) is 19.4 Å². The van der Waals surface area contributed by atoms with Crippen molar-refractivity contribution in [2.24, 2.45) is 5.73 Å². The van der Waals surface area contributed by atoms with Gasteiger partial charge in [-0.1, -0.05) is 6.07 Å². The summed E-state index contributed by atoms with van der Waals surface area (Å²) in [5, 5.41) is 0. The number of hydrogen-bond donors (Lipinski definition) is 1. The van der Waals surface area contributed by atoms with E-state index in [-0.39, 0.29) is 6.04 Å². The summed E-state index contributed by atoms with van der Waals surface area (Å²) < 4.78 is 10.5. The standard InChI is InChI=1S/C14H24N2O2/c1-11(15)14-12(7-5-8-13(14)18-4)16(2)9-6-10-17-3/h5,7-8,11H,6,9-10,15H2,1-4H3/t11-/m0/s1. The smallest absolute Gasteiger partial charge is 0.125 e. The molecule has 0 amide bonds. The van der Waals surface area contributed by atoms with E-state index >= 15 is 0 Å². The largest absolute Gasteiger partial charge is 0.496 e. The normalized spacial score (nSPS) is 12.3. The Hall–Kier alpha value is -1.26. The second-order valence-corrected chi connectivity index (χ2v) is 4.45. The average molecular weight is 252 g/mol. The summed E-state index contributed by atoms with van der Waals surface area (Å²) in [6, 6.07) is 5.97. The van der Waals surface area contributed by atoms with Crippen LogP contribution in [0.5, 0.6) is 5.75 Å². The van der Waals surface area contributed by atoms with Crippen LogP contribution in [0.3, 0.4) is 0 Å². The molecule has 0 heterocycles. The van der Waals surface area contributed by atoms with Crippen LogP contribution in [0.15, 0.2) is 18.2 Å². The second kappa shape index (κ2) is 7.24. The SMILES string of the molecule is COCCCN(C)c1cccc(OC)c1[C@H](C)N. The van der Waals surface area contributed by atoms with Crippen molar-refractivity contribution in [1.82, 2.24) is 0 Å². The van der Waals surface area contributed by atoms with E-state index < -0.39 is 0 Å². The van der Waals surface area contributed by atoms with Crippen LogP contribution in [-0.2, 0) is 4.74 Å². The van der Waals surface area contributed by atoms with E-state index in [9.17, 15) is 0 Å². The highest BCUT2D eigenvalue weighted by Crippen LogP contribution is 2.33. The Labute approximate surface area is 110 Å². The lowest BCUT2D eigenvalue weighted by Crippen LogP contribution is -2.23. The zero-order valence-corrected chi connectivity index (χ0v) is 11.8. The topological polar surface area (TPSA) is 47.7 Å². The Kier molecular flexibility index (Phi) is 5.95. The molecule has 0 spiro atoms. The summed E-state index contributed by atoms with van der Waals surface area (Å²) in [6.07, 6.45) is 0.989. The summed E-state index contributed by atoms with van der Waals surface area (Å²) in [5.74, 6) is 0.848. The van der Waals surface area contributed by atoms with Gasteiger partial charge in [0.05, 0.1) is 7.11 Å². The molecule has 1 atom stereocenters. The van der Waals surface area contributed by atoms with E-state index in [1.807, 2.05) is 19.1 Å². The second-order valence-electron chi connectivity index (χ2n) is 4.45. The number of rotatable bonds is 7. The van der Waals surface area contributed by atoms with Crippen molar-refractivity contribution in [3.8, 4) is 5.75 Å². The molecule has 0 saturated heterocycles. The van der Waals surface area contributed by atoms with E-state index in [0.717, 1.165) is 36.6 Å². The monoisotopic (exact) mass is 252 g/mol. The number of anilines is 1. The molecule has 102 valence electrons. The van der Waals surface area contributed by atoms with Crippen LogP contribution in [0, 0.1) is 0 Å². The highest BCUT2D eigenvalue weighted by molar-refractivity contribution is 5.60. The van der Waals surface area contributed by atoms with Gasteiger partial charge in [0.2, 0.25) is 0 Å². The fourth-order valence-electron chi connectivity index (χ4n) is 2.07. The molecule has 1 aromatic carbocycles. The molecule has 1 rings (SSSR count). The molecule has 0 saturated carbocycles. The van der Waals surface area contributed by atoms with Gasteiger partial charge >= 0.3 is 0 Å². The lowest BCUT2D eigenvalue weighted by Gasteiger charge is -2.25. The van der Waals surface area contributed by atoms with Crippen LogP contribution in [0.4, 0.5) is 5.69 Å². The van der Waals surface area contributed by atoms with Crippen molar-refractivity contribution >= 4 is 5.69 Å². The molecular formula is C14H24N2O2. The maximum atomic E-state index is 6.05. The third-order valence-electron chi connectivity index (χ3n) is 2.97. The summed E-state index contributed by atoms with van der Waals surface area (Å²) >= 11 is 0. The molecule has 4 heteroatoms. The lowest BCUT2D eigenvalue weighted by molar-refractivity contribution is 0.196. The zero-order chi connectivity index (χ0) is 13.5. The van der Waals surface area contributed by atoms with Crippen LogP contribution in [0.25, 0.3) is 0 Å². The van der Waals surface area contributed by atoms with Crippen LogP contribution in [-0.4, -0.2) is 34.4 Å². The predicted molar refractivity (Wildman–Crippen MR) is 75.4 cm³/mol. The third kappa shape index (κ3) is 3.62. The Morgan fingerprint density at radius 3 is 2.61 bits per heavy atom. The minimum atomic E-state index is -0.0546. The Morgan fingerprint density at radius 2 is 2.06 bits per heavy atom. The average Bonchev–Trinajstić information content (AvgIpc) is 2.37. The number of hydrogen-bond acceptors (Lipinski definition) is 4. The van der Waals surface area contributed by atoms with Crippen LogP contribution in [0.1, 0.15) is 24.9 Å². The highest BCUT2D eigenvalue weighted by atomic mass is 16.5. The van der Waals surface area contributed by atoms with E-state index in [1.165, 1.54) is 0 Å². The van der Waals surface area contributed by atoms with Gasteiger partial charge in [0.1, 0.15) is 5.75 Å². The number of ether oxygens (including phenoxy) is 2. The Balaban J connectivity index is 2.92. The maximum Gasteiger partial charge on any atom is 0.125 e. The van der Waals surface area contributed by atoms with Crippen molar-refractivity contribution in [1.29, 1.82) is 0 Å². The van der Waals surface area contributed by atoms with Crippen molar-refractivity contribution in [2.75, 3.05) is 39.3 Å². The molecular weight excluding hydrogens is 228 g/mol. The minimum Gasteiger partial charge on any atom is -0.496 e. The lowest BCUT2D eigenvalue weighted by atomic mass is 10.0. The van der Waals surface area contributed by atoms with Gasteiger partial charge in [-0.2, -0.15) is 0 Å². The molecule has 0 radical (unpaired) electrons. The number of benzene rings is 1. The van der Waals surface area contributed by atoms with Gasteiger partial charge < -0.3 is 20.1 Å². The van der Waals surface area contributed by atoms with Gasteiger partial charge in [0, 0.05) is 44.6 Å². The number of methoxy groups -OCH3 is 2. The molecule has 4 nitrogen and oxygen atoms in total. The summed E-state index contributed by atoms with van der Waals surface area (Å²) in [6.45, 7) is 3.67. The van der Waals surface area contributed by atoms with E-state index in [4.69, 9.17) is 15.2 Å². The van der Waals surface area contributed by atoms with Gasteiger partial charge in [0.25, 0.3) is 0 Å². The van der Waals surface area contributed by atoms with Crippen molar-refractivity contribution in [3.05, 3.63) is 23.8 Å². The molecule has 0 bridgehead atoms. The molecule has 0 aliphatic heterocycles. The predicted octanol–water partition coefficient (Wildman–Crippen LogP) is 2.19.